The van der Waals surface area contributed by atoms with E-state index in [0.717, 1.165) is 22.4 Å². The molecule has 4 aromatic rings. The van der Waals surface area contributed by atoms with Gasteiger partial charge in [-0.15, -0.1) is 0 Å². The number of benzene rings is 2. The quantitative estimate of drug-likeness (QED) is 0.428. The summed E-state index contributed by atoms with van der Waals surface area (Å²) in [5.41, 5.74) is 4.41. The van der Waals surface area contributed by atoms with Gasteiger partial charge in [0.05, 0.1) is 30.9 Å². The van der Waals surface area contributed by atoms with Gasteiger partial charge in [-0.05, 0) is 36.4 Å². The normalized spacial score (nSPS) is 10.7. The molecule has 0 aliphatic heterocycles. The van der Waals surface area contributed by atoms with E-state index in [4.69, 9.17) is 9.47 Å². The molecule has 7 heteroatoms. The van der Waals surface area contributed by atoms with Crippen LogP contribution in [0.1, 0.15) is 15.9 Å². The van der Waals surface area contributed by atoms with Crippen LogP contribution < -0.4 is 19.7 Å². The molecule has 0 fully saturated rings. The fraction of sp³-hybridized carbons (Fsp3) is 0.167. The number of ketones is 1. The summed E-state index contributed by atoms with van der Waals surface area (Å²) in [5, 5.41) is 4.16. The second-order valence-corrected chi connectivity index (χ2v) is 7.28. The van der Waals surface area contributed by atoms with E-state index in [1.54, 1.807) is 44.8 Å². The number of aromatic nitrogens is 2. The lowest BCUT2D eigenvalue weighted by atomic mass is 10.0. The van der Waals surface area contributed by atoms with E-state index in [-0.39, 0.29) is 5.78 Å². The van der Waals surface area contributed by atoms with E-state index in [9.17, 15) is 4.79 Å². The Morgan fingerprint density at radius 3 is 2.45 bits per heavy atom. The molecule has 0 bridgehead atoms. The van der Waals surface area contributed by atoms with Crippen molar-refractivity contribution in [3.05, 3.63) is 72.1 Å². The number of carbonyl (C=O) groups is 1. The number of hydrogen-bond acceptors (Lipinski definition) is 6. The smallest absolute Gasteiger partial charge is 0.195 e. The van der Waals surface area contributed by atoms with E-state index in [2.05, 4.69) is 15.3 Å². The minimum atomic E-state index is -0.151. The Balaban J connectivity index is 1.77. The second-order valence-electron chi connectivity index (χ2n) is 7.28. The van der Waals surface area contributed by atoms with Crippen LogP contribution in [0.5, 0.6) is 11.5 Å². The summed E-state index contributed by atoms with van der Waals surface area (Å²) in [5.74, 6) is 0.959. The van der Waals surface area contributed by atoms with Crippen molar-refractivity contribution < 1.29 is 14.3 Å². The van der Waals surface area contributed by atoms with Gasteiger partial charge in [-0.2, -0.15) is 0 Å². The largest absolute Gasteiger partial charge is 0.497 e. The zero-order chi connectivity index (χ0) is 22.0. The number of hydrogen-bond donors (Lipinski definition) is 2. The zero-order valence-electron chi connectivity index (χ0n) is 17.9. The highest BCUT2D eigenvalue weighted by atomic mass is 16.5. The second kappa shape index (κ2) is 8.39. The maximum Gasteiger partial charge on any atom is 0.195 e. The van der Waals surface area contributed by atoms with Crippen molar-refractivity contribution in [1.29, 1.82) is 0 Å². The van der Waals surface area contributed by atoms with E-state index in [1.165, 1.54) is 0 Å². The maximum atomic E-state index is 13.4. The van der Waals surface area contributed by atoms with E-state index >= 15 is 0 Å². The Bertz CT molecular complexity index is 1220. The number of pyridine rings is 1. The van der Waals surface area contributed by atoms with Gasteiger partial charge in [-0.3, -0.25) is 4.79 Å². The van der Waals surface area contributed by atoms with Gasteiger partial charge in [0.2, 0.25) is 0 Å². The fourth-order valence-electron chi connectivity index (χ4n) is 3.45. The van der Waals surface area contributed by atoms with Gasteiger partial charge in [0, 0.05) is 49.5 Å². The Kier molecular flexibility index (Phi) is 5.49. The zero-order valence-corrected chi connectivity index (χ0v) is 17.9. The summed E-state index contributed by atoms with van der Waals surface area (Å²) in [4.78, 5) is 22.9. The Hall–Kier alpha value is -4.00. The number of nitrogens with one attached hydrogen (secondary N) is 2. The summed E-state index contributed by atoms with van der Waals surface area (Å²) in [6, 6.07) is 15.1. The molecule has 2 aromatic heterocycles. The number of aromatic amines is 1. The number of fused-ring (bicyclic) bond motifs is 1. The average molecular weight is 416 g/mol. The van der Waals surface area contributed by atoms with Crippen LogP contribution in [-0.4, -0.2) is 44.1 Å². The molecule has 0 aliphatic rings. The third-order valence-electron chi connectivity index (χ3n) is 5.07. The highest BCUT2D eigenvalue weighted by Crippen LogP contribution is 2.32. The van der Waals surface area contributed by atoms with Crippen LogP contribution in [0.25, 0.3) is 11.0 Å². The molecule has 2 N–H and O–H groups in total. The SMILES string of the molecule is COc1cc(OC)cc(C(=O)c2c[nH]c3nccc(Nc4cccc(N(C)C)c4)c23)c1. The number of ether oxygens (including phenoxy) is 2. The van der Waals surface area contributed by atoms with E-state index < -0.39 is 0 Å². The molecule has 2 heterocycles. The summed E-state index contributed by atoms with van der Waals surface area (Å²) < 4.78 is 10.6. The molecular formula is C24H24N4O3. The molecule has 158 valence electrons. The van der Waals surface area contributed by atoms with Crippen LogP contribution in [0.4, 0.5) is 17.1 Å². The van der Waals surface area contributed by atoms with Crippen LogP contribution in [-0.2, 0) is 0 Å². The molecule has 0 amide bonds. The molecule has 7 nitrogen and oxygen atoms in total. The van der Waals surface area contributed by atoms with Gasteiger partial charge >= 0.3 is 0 Å². The van der Waals surface area contributed by atoms with Crippen LogP contribution in [0, 0.1) is 0 Å². The molecule has 0 saturated heterocycles. The minimum absolute atomic E-state index is 0.151. The van der Waals surface area contributed by atoms with Crippen molar-refractivity contribution in [1.82, 2.24) is 9.97 Å². The van der Waals surface area contributed by atoms with Gasteiger partial charge < -0.3 is 24.7 Å². The minimum Gasteiger partial charge on any atom is -0.497 e. The van der Waals surface area contributed by atoms with Crippen molar-refractivity contribution in [3.63, 3.8) is 0 Å². The monoisotopic (exact) mass is 416 g/mol. The number of methoxy groups -OCH3 is 2. The van der Waals surface area contributed by atoms with E-state index in [0.29, 0.717) is 28.3 Å². The predicted molar refractivity (Wildman–Crippen MR) is 123 cm³/mol. The van der Waals surface area contributed by atoms with Gasteiger partial charge in [0.1, 0.15) is 17.1 Å². The Labute approximate surface area is 180 Å². The Morgan fingerprint density at radius 1 is 1.03 bits per heavy atom. The lowest BCUT2D eigenvalue weighted by Crippen LogP contribution is -2.08. The number of anilines is 3. The first-order valence-electron chi connectivity index (χ1n) is 9.78. The first kappa shape index (κ1) is 20.3. The molecule has 0 unspecified atom stereocenters. The van der Waals surface area contributed by atoms with Crippen molar-refractivity contribution in [2.75, 3.05) is 38.5 Å². The number of nitrogens with zero attached hydrogens (tertiary/aromatic N) is 2. The van der Waals surface area contributed by atoms with Crippen LogP contribution >= 0.6 is 0 Å². The molecule has 31 heavy (non-hydrogen) atoms. The lowest BCUT2D eigenvalue weighted by Gasteiger charge is -2.15. The fourth-order valence-corrected chi connectivity index (χ4v) is 3.45. The number of rotatable bonds is 7. The van der Waals surface area contributed by atoms with Crippen molar-refractivity contribution in [2.45, 2.75) is 0 Å². The molecular weight excluding hydrogens is 392 g/mol. The highest BCUT2D eigenvalue weighted by molar-refractivity contribution is 6.18. The van der Waals surface area contributed by atoms with Crippen molar-refractivity contribution in [3.8, 4) is 11.5 Å². The van der Waals surface area contributed by atoms with Crippen LogP contribution in [0.2, 0.25) is 0 Å². The third kappa shape index (κ3) is 4.02. The van der Waals surface area contributed by atoms with Crippen molar-refractivity contribution >= 4 is 33.9 Å². The third-order valence-corrected chi connectivity index (χ3v) is 5.07. The molecule has 2 aromatic carbocycles. The van der Waals surface area contributed by atoms with Gasteiger partial charge in [0.15, 0.2) is 5.78 Å². The van der Waals surface area contributed by atoms with Crippen molar-refractivity contribution in [2.24, 2.45) is 0 Å². The summed E-state index contributed by atoms with van der Waals surface area (Å²) in [6.45, 7) is 0. The Morgan fingerprint density at radius 2 is 1.77 bits per heavy atom. The first-order valence-corrected chi connectivity index (χ1v) is 9.78. The maximum absolute atomic E-state index is 13.4. The molecule has 0 spiro atoms. The summed E-state index contributed by atoms with van der Waals surface area (Å²) in [6.07, 6.45) is 3.40. The van der Waals surface area contributed by atoms with E-state index in [1.807, 2.05) is 49.3 Å². The molecule has 0 atom stereocenters. The van der Waals surface area contributed by atoms with Crippen LogP contribution in [0.3, 0.4) is 0 Å². The first-order chi connectivity index (χ1) is 15.0. The van der Waals surface area contributed by atoms with Gasteiger partial charge in [-0.25, -0.2) is 4.98 Å². The predicted octanol–water partition coefficient (Wildman–Crippen LogP) is 4.62. The topological polar surface area (TPSA) is 79.5 Å². The summed E-state index contributed by atoms with van der Waals surface area (Å²) >= 11 is 0. The molecule has 0 saturated carbocycles. The summed E-state index contributed by atoms with van der Waals surface area (Å²) in [7, 11) is 7.11. The van der Waals surface area contributed by atoms with Gasteiger partial charge in [-0.1, -0.05) is 6.07 Å². The number of H-pyrrole nitrogens is 1. The number of carbonyl (C=O) groups excluding carboxylic acids is 1. The highest BCUT2D eigenvalue weighted by Gasteiger charge is 2.19. The van der Waals surface area contributed by atoms with Crippen LogP contribution in [0.15, 0.2) is 60.9 Å². The van der Waals surface area contributed by atoms with Gasteiger partial charge in [0.25, 0.3) is 0 Å². The lowest BCUT2D eigenvalue weighted by molar-refractivity contribution is 0.103. The molecule has 0 radical (unpaired) electrons. The molecule has 0 aliphatic carbocycles. The standard InChI is InChI=1S/C24H24N4O3/c1-28(2)17-7-5-6-16(12-17)27-21-8-9-25-24-22(21)20(14-26-24)23(29)15-10-18(30-3)13-19(11-15)31-4/h5-14H,1-4H3,(H2,25,26,27). The molecule has 4 rings (SSSR count). The average Bonchev–Trinajstić information content (AvgIpc) is 3.23.